The number of ether oxygens (including phenoxy) is 1. The molecule has 0 saturated heterocycles. The number of hydrogen-bond donors (Lipinski definition) is 1. The number of hydrogen-bond acceptors (Lipinski definition) is 6. The maximum atomic E-state index is 14.5. The van der Waals surface area contributed by atoms with Gasteiger partial charge < -0.3 is 9.64 Å². The van der Waals surface area contributed by atoms with Gasteiger partial charge in [0.2, 0.25) is 5.78 Å². The van der Waals surface area contributed by atoms with Crippen LogP contribution < -0.4 is 5.32 Å². The van der Waals surface area contributed by atoms with E-state index in [0.717, 1.165) is 0 Å². The fourth-order valence-electron chi connectivity index (χ4n) is 2.97. The minimum atomic E-state index is -0.593. The highest BCUT2D eigenvalue weighted by molar-refractivity contribution is 5.91. The van der Waals surface area contributed by atoms with Gasteiger partial charge in [-0.15, -0.1) is 0 Å². The Balaban J connectivity index is 1.80. The van der Waals surface area contributed by atoms with Crippen LogP contribution in [0.25, 0.3) is 17.0 Å². The Bertz CT molecular complexity index is 1150. The first-order valence-electron chi connectivity index (χ1n) is 10.2. The predicted molar refractivity (Wildman–Crippen MR) is 120 cm³/mol. The first-order valence-corrected chi connectivity index (χ1v) is 10.2. The van der Waals surface area contributed by atoms with Crippen molar-refractivity contribution in [3.05, 3.63) is 60.3 Å². The van der Waals surface area contributed by atoms with Crippen molar-refractivity contribution in [1.29, 1.82) is 0 Å². The lowest BCUT2D eigenvalue weighted by Crippen LogP contribution is -2.18. The Morgan fingerprint density at radius 1 is 1.28 bits per heavy atom. The number of nitrogens with one attached hydrogen (secondary N) is 1. The third-order valence-corrected chi connectivity index (χ3v) is 4.36. The van der Waals surface area contributed by atoms with E-state index >= 15 is 0 Å². The zero-order valence-corrected chi connectivity index (χ0v) is 18.5. The van der Waals surface area contributed by atoms with Gasteiger partial charge in [0.05, 0.1) is 23.7 Å². The van der Waals surface area contributed by atoms with E-state index in [1.165, 1.54) is 18.3 Å². The molecule has 2 heterocycles. The van der Waals surface area contributed by atoms with Crippen molar-refractivity contribution >= 4 is 23.3 Å². The summed E-state index contributed by atoms with van der Waals surface area (Å²) in [5.74, 6) is -0.174. The average Bonchev–Trinajstić information content (AvgIpc) is 3.11. The van der Waals surface area contributed by atoms with Crippen LogP contribution >= 0.6 is 0 Å². The summed E-state index contributed by atoms with van der Waals surface area (Å²) >= 11 is 0. The number of halogens is 1. The lowest BCUT2D eigenvalue weighted by Gasteiger charge is -2.09. The molecule has 3 aromatic rings. The van der Waals surface area contributed by atoms with Crippen molar-refractivity contribution in [2.24, 2.45) is 0 Å². The predicted octanol–water partition coefficient (Wildman–Crippen LogP) is 3.72. The highest BCUT2D eigenvalue weighted by Gasteiger charge is 2.13. The van der Waals surface area contributed by atoms with E-state index in [9.17, 15) is 14.0 Å². The zero-order chi connectivity index (χ0) is 23.3. The molecule has 1 aromatic carbocycles. The second-order valence-electron chi connectivity index (χ2n) is 7.88. The standard InChI is InChI=1S/C23H26FN5O3/c1-15(2)32-23(31)26-17-12-25-22-27-21(14-29(22)13-17)19-11-16(7-8-20(19)24)10-18(30)6-5-9-28(3)4/h5-8,11-15H,9-10H2,1-4H3,(H,26,31)/b6-5+. The number of ketones is 1. The third-order valence-electron chi connectivity index (χ3n) is 4.36. The summed E-state index contributed by atoms with van der Waals surface area (Å²) in [7, 11) is 3.84. The van der Waals surface area contributed by atoms with Crippen LogP contribution in [0.4, 0.5) is 14.9 Å². The zero-order valence-electron chi connectivity index (χ0n) is 18.5. The lowest BCUT2D eigenvalue weighted by atomic mass is 10.0. The summed E-state index contributed by atoms with van der Waals surface area (Å²) in [6, 6.07) is 4.54. The molecule has 9 heteroatoms. The van der Waals surface area contributed by atoms with Gasteiger partial charge in [-0.3, -0.25) is 14.5 Å². The maximum absolute atomic E-state index is 14.5. The fourth-order valence-corrected chi connectivity index (χ4v) is 2.97. The minimum Gasteiger partial charge on any atom is -0.447 e. The van der Waals surface area contributed by atoms with E-state index in [-0.39, 0.29) is 23.9 Å². The summed E-state index contributed by atoms with van der Waals surface area (Å²) in [5.41, 5.74) is 1.74. The van der Waals surface area contributed by atoms with Gasteiger partial charge in [-0.1, -0.05) is 12.1 Å². The quantitative estimate of drug-likeness (QED) is 0.538. The van der Waals surface area contributed by atoms with Gasteiger partial charge in [-0.2, -0.15) is 0 Å². The van der Waals surface area contributed by atoms with Crippen LogP contribution in [0.5, 0.6) is 0 Å². The first kappa shape index (κ1) is 23.1. The highest BCUT2D eigenvalue weighted by Crippen LogP contribution is 2.24. The SMILES string of the molecule is CC(C)OC(=O)Nc1cnc2nc(-c3cc(CC(=O)/C=C/CN(C)C)ccc3F)cn2c1. The molecule has 0 aliphatic carbocycles. The highest BCUT2D eigenvalue weighted by atomic mass is 19.1. The van der Waals surface area contributed by atoms with E-state index in [0.29, 0.717) is 29.3 Å². The van der Waals surface area contributed by atoms with Gasteiger partial charge in [0.1, 0.15) is 5.82 Å². The Morgan fingerprint density at radius 2 is 2.06 bits per heavy atom. The third kappa shape index (κ3) is 6.21. The number of amides is 1. The topological polar surface area (TPSA) is 88.8 Å². The summed E-state index contributed by atoms with van der Waals surface area (Å²) in [4.78, 5) is 34.5. The Kier molecular flexibility index (Phi) is 7.32. The first-order chi connectivity index (χ1) is 15.2. The molecular formula is C23H26FN5O3. The molecule has 0 fully saturated rings. The molecular weight excluding hydrogens is 413 g/mol. The van der Waals surface area contributed by atoms with Crippen molar-refractivity contribution < 1.29 is 18.7 Å². The van der Waals surface area contributed by atoms with Gasteiger partial charge in [-0.25, -0.2) is 19.2 Å². The van der Waals surface area contributed by atoms with Crippen molar-refractivity contribution in [2.45, 2.75) is 26.4 Å². The summed E-state index contributed by atoms with van der Waals surface area (Å²) in [5, 5.41) is 2.59. The summed E-state index contributed by atoms with van der Waals surface area (Å²) in [6.07, 6.45) is 7.32. The number of allylic oxidation sites excluding steroid dienone is 1. The molecule has 1 amide bonds. The maximum Gasteiger partial charge on any atom is 0.411 e. The number of fused-ring (bicyclic) bond motifs is 1. The molecule has 0 saturated carbocycles. The minimum absolute atomic E-state index is 0.0647. The van der Waals surface area contributed by atoms with E-state index in [4.69, 9.17) is 4.74 Å². The molecule has 168 valence electrons. The van der Waals surface area contributed by atoms with E-state index in [2.05, 4.69) is 15.3 Å². The van der Waals surface area contributed by atoms with Gasteiger partial charge >= 0.3 is 6.09 Å². The van der Waals surface area contributed by atoms with Crippen LogP contribution in [0.1, 0.15) is 19.4 Å². The van der Waals surface area contributed by atoms with E-state index in [1.54, 1.807) is 48.9 Å². The number of imidazole rings is 1. The van der Waals surface area contributed by atoms with E-state index in [1.807, 2.05) is 19.0 Å². The van der Waals surface area contributed by atoms with Crippen molar-refractivity contribution in [3.63, 3.8) is 0 Å². The van der Waals surface area contributed by atoms with Crippen molar-refractivity contribution in [1.82, 2.24) is 19.3 Å². The number of benzene rings is 1. The molecule has 0 aliphatic rings. The molecule has 0 atom stereocenters. The smallest absolute Gasteiger partial charge is 0.411 e. The molecule has 0 aliphatic heterocycles. The summed E-state index contributed by atoms with van der Waals surface area (Å²) < 4.78 is 21.2. The fraction of sp³-hybridized carbons (Fsp3) is 0.304. The van der Waals surface area contributed by atoms with Crippen molar-refractivity contribution in [2.75, 3.05) is 26.0 Å². The number of likely N-dealkylation sites (N-methyl/N-ethyl adjacent to an activating group) is 1. The van der Waals surface area contributed by atoms with Gasteiger partial charge in [0.25, 0.3) is 0 Å². The Labute approximate surface area is 185 Å². The molecule has 32 heavy (non-hydrogen) atoms. The van der Waals surface area contributed by atoms with Crippen LogP contribution in [0.15, 0.2) is 48.9 Å². The summed E-state index contributed by atoms with van der Waals surface area (Å²) in [6.45, 7) is 4.17. The number of rotatable bonds is 8. The number of nitrogens with zero attached hydrogens (tertiary/aromatic N) is 4. The second-order valence-corrected chi connectivity index (χ2v) is 7.88. The molecule has 1 N–H and O–H groups in total. The normalized spacial score (nSPS) is 11.6. The Hall–Kier alpha value is -3.59. The van der Waals surface area contributed by atoms with Crippen LogP contribution in [0, 0.1) is 5.82 Å². The largest absolute Gasteiger partial charge is 0.447 e. The molecule has 0 bridgehead atoms. The molecule has 0 radical (unpaired) electrons. The number of carbonyl (C=O) groups excluding carboxylic acids is 2. The van der Waals surface area contributed by atoms with Gasteiger partial charge in [0.15, 0.2) is 5.78 Å². The lowest BCUT2D eigenvalue weighted by molar-refractivity contribution is -0.114. The molecule has 8 nitrogen and oxygen atoms in total. The number of carbonyl (C=O) groups is 2. The molecule has 2 aromatic heterocycles. The monoisotopic (exact) mass is 439 g/mol. The second kappa shape index (κ2) is 10.1. The van der Waals surface area contributed by atoms with Gasteiger partial charge in [0, 0.05) is 30.9 Å². The van der Waals surface area contributed by atoms with E-state index < -0.39 is 11.9 Å². The molecule has 0 unspecified atom stereocenters. The van der Waals surface area contributed by atoms with Crippen molar-refractivity contribution in [3.8, 4) is 11.3 Å². The number of aromatic nitrogens is 3. The van der Waals surface area contributed by atoms with Gasteiger partial charge in [-0.05, 0) is 51.7 Å². The van der Waals surface area contributed by atoms with Crippen LogP contribution in [-0.2, 0) is 16.0 Å². The Morgan fingerprint density at radius 3 is 2.78 bits per heavy atom. The van der Waals surface area contributed by atoms with Crippen LogP contribution in [-0.4, -0.2) is 57.9 Å². The molecule has 0 spiro atoms. The molecule has 3 rings (SSSR count). The number of anilines is 1. The average molecular weight is 439 g/mol. The van der Waals surface area contributed by atoms with Crippen LogP contribution in [0.2, 0.25) is 0 Å². The van der Waals surface area contributed by atoms with Crippen LogP contribution in [0.3, 0.4) is 0 Å².